The van der Waals surface area contributed by atoms with Crippen LogP contribution in [0.3, 0.4) is 0 Å². The maximum Gasteiger partial charge on any atom is 0.227 e. The number of hydrogen-bond acceptors (Lipinski definition) is 2. The Morgan fingerprint density at radius 1 is 0.962 bits per heavy atom. The second-order valence-corrected chi connectivity index (χ2v) is 12.2. The van der Waals surface area contributed by atoms with Gasteiger partial charge in [0.05, 0.1) is 18.1 Å². The van der Waals surface area contributed by atoms with Crippen LogP contribution in [-0.2, 0) is 9.22 Å². The lowest BCUT2D eigenvalue weighted by Gasteiger charge is -2.32. The van der Waals surface area contributed by atoms with Crippen LogP contribution in [0.5, 0.6) is 0 Å². The van der Waals surface area contributed by atoms with Crippen LogP contribution in [0, 0.1) is 0 Å². The number of carbonyl (C=O) groups is 1. The van der Waals surface area contributed by atoms with Crippen LogP contribution < -0.4 is 5.32 Å². The van der Waals surface area contributed by atoms with Crippen LogP contribution >= 0.6 is 0 Å². The largest absolute Gasteiger partial charge is 0.409 e. The second kappa shape index (κ2) is 9.15. The molecule has 26 heavy (non-hydrogen) atoms. The summed E-state index contributed by atoms with van der Waals surface area (Å²) in [4.78, 5) is 12.9. The van der Waals surface area contributed by atoms with Gasteiger partial charge in [-0.3, -0.25) is 4.79 Å². The van der Waals surface area contributed by atoms with Crippen molar-refractivity contribution in [2.75, 3.05) is 0 Å². The molecule has 3 atom stereocenters. The van der Waals surface area contributed by atoms with E-state index in [2.05, 4.69) is 44.0 Å². The normalized spacial score (nSPS) is 15.1. The van der Waals surface area contributed by atoms with E-state index >= 15 is 0 Å². The number of rotatable bonds is 8. The zero-order valence-corrected chi connectivity index (χ0v) is 17.5. The zero-order chi connectivity index (χ0) is 19.2. The summed E-state index contributed by atoms with van der Waals surface area (Å²) in [5.41, 5.74) is 2.16. The first-order valence-corrected chi connectivity index (χ1v) is 12.8. The maximum absolute atomic E-state index is 12.9. The number of carbonyl (C=O) groups excluding carboxylic acids is 1. The van der Waals surface area contributed by atoms with Crippen LogP contribution in [0.1, 0.15) is 43.4 Å². The van der Waals surface area contributed by atoms with Crippen molar-refractivity contribution in [3.8, 4) is 0 Å². The number of nitrogens with one attached hydrogen (secondary N) is 1. The van der Waals surface area contributed by atoms with Gasteiger partial charge < -0.3 is 9.74 Å². The first kappa shape index (κ1) is 20.4. The molecule has 0 saturated heterocycles. The van der Waals surface area contributed by atoms with E-state index in [1.807, 2.05) is 55.5 Å². The molecule has 0 spiro atoms. The minimum absolute atomic E-state index is 0.0614. The van der Waals surface area contributed by atoms with Gasteiger partial charge >= 0.3 is 0 Å². The molecular weight excluding hydrogens is 338 g/mol. The van der Waals surface area contributed by atoms with E-state index in [9.17, 15) is 4.79 Å². The number of amides is 1. The SMILES string of the molecule is CCC(C(=O)N[C@@H](C)[C@@H](O[Si](C)(C)C)c1ccccc1)c1ccccc1. The Morgan fingerprint density at radius 3 is 1.92 bits per heavy atom. The Morgan fingerprint density at radius 2 is 1.46 bits per heavy atom. The molecular formula is C22H31NO2Si. The van der Waals surface area contributed by atoms with Gasteiger partial charge in [-0.2, -0.15) is 0 Å². The Hall–Kier alpha value is -1.91. The van der Waals surface area contributed by atoms with Gasteiger partial charge in [0.1, 0.15) is 0 Å². The molecule has 1 amide bonds. The molecule has 0 radical (unpaired) electrons. The van der Waals surface area contributed by atoms with E-state index < -0.39 is 8.32 Å². The van der Waals surface area contributed by atoms with Crippen LogP contribution in [0.15, 0.2) is 60.7 Å². The molecule has 0 heterocycles. The maximum atomic E-state index is 12.9. The van der Waals surface area contributed by atoms with Gasteiger partial charge in [0.2, 0.25) is 5.91 Å². The van der Waals surface area contributed by atoms with Crippen LogP contribution in [0.2, 0.25) is 19.6 Å². The van der Waals surface area contributed by atoms with Crippen molar-refractivity contribution in [2.45, 2.75) is 58.0 Å². The minimum Gasteiger partial charge on any atom is -0.409 e. The van der Waals surface area contributed by atoms with E-state index in [1.165, 1.54) is 0 Å². The molecule has 1 N–H and O–H groups in total. The highest BCUT2D eigenvalue weighted by molar-refractivity contribution is 6.69. The predicted molar refractivity (Wildman–Crippen MR) is 111 cm³/mol. The Balaban J connectivity index is 2.17. The quantitative estimate of drug-likeness (QED) is 0.643. The highest BCUT2D eigenvalue weighted by Crippen LogP contribution is 2.27. The van der Waals surface area contributed by atoms with Gasteiger partial charge in [-0.25, -0.2) is 0 Å². The van der Waals surface area contributed by atoms with Crippen molar-refractivity contribution >= 4 is 14.2 Å². The molecule has 0 aliphatic rings. The summed E-state index contributed by atoms with van der Waals surface area (Å²) in [7, 11) is -1.77. The Labute approximate surface area is 158 Å². The highest BCUT2D eigenvalue weighted by Gasteiger charge is 2.29. The summed E-state index contributed by atoms with van der Waals surface area (Å²) in [5.74, 6) is -0.0757. The molecule has 0 aromatic heterocycles. The van der Waals surface area contributed by atoms with Crippen molar-refractivity contribution in [1.29, 1.82) is 0 Å². The molecule has 140 valence electrons. The molecule has 3 nitrogen and oxygen atoms in total. The van der Waals surface area contributed by atoms with Crippen molar-refractivity contribution in [3.63, 3.8) is 0 Å². The van der Waals surface area contributed by atoms with Gasteiger partial charge in [-0.15, -0.1) is 0 Å². The van der Waals surface area contributed by atoms with Crippen LogP contribution in [0.25, 0.3) is 0 Å². The first-order valence-electron chi connectivity index (χ1n) is 9.40. The summed E-state index contributed by atoms with van der Waals surface area (Å²) in [5, 5.41) is 3.21. The van der Waals surface area contributed by atoms with Crippen molar-refractivity contribution in [2.24, 2.45) is 0 Å². The standard InChI is InChI=1S/C22H31NO2Si/c1-6-20(18-13-9-7-10-14-18)22(24)23-17(2)21(25-26(3,4)5)19-15-11-8-12-16-19/h7-17,20-21H,6H2,1-5H3,(H,23,24)/t17-,20?,21+/m0/s1. The fourth-order valence-electron chi connectivity index (χ4n) is 3.14. The number of benzene rings is 2. The molecule has 0 saturated carbocycles. The van der Waals surface area contributed by atoms with E-state index in [0.29, 0.717) is 0 Å². The molecule has 0 fully saturated rings. The van der Waals surface area contributed by atoms with Gasteiger partial charge in [-0.1, -0.05) is 67.6 Å². The summed E-state index contributed by atoms with van der Waals surface area (Å²) in [6.07, 6.45) is 0.632. The van der Waals surface area contributed by atoms with Crippen molar-refractivity contribution in [1.82, 2.24) is 5.32 Å². The van der Waals surface area contributed by atoms with Gasteiger partial charge in [0.25, 0.3) is 0 Å². The molecule has 2 rings (SSSR count). The van der Waals surface area contributed by atoms with Crippen molar-refractivity contribution in [3.05, 3.63) is 71.8 Å². The molecule has 0 aliphatic heterocycles. The van der Waals surface area contributed by atoms with Crippen LogP contribution in [0.4, 0.5) is 0 Å². The monoisotopic (exact) mass is 369 g/mol. The molecule has 1 unspecified atom stereocenters. The van der Waals surface area contributed by atoms with E-state index in [-0.39, 0.29) is 24.0 Å². The van der Waals surface area contributed by atoms with Crippen molar-refractivity contribution < 1.29 is 9.22 Å². The van der Waals surface area contributed by atoms with E-state index in [1.54, 1.807) is 0 Å². The first-order chi connectivity index (χ1) is 12.3. The Bertz CT molecular complexity index is 682. The molecule has 2 aromatic rings. The smallest absolute Gasteiger partial charge is 0.227 e. The molecule has 2 aromatic carbocycles. The minimum atomic E-state index is -1.77. The average molecular weight is 370 g/mol. The van der Waals surface area contributed by atoms with Crippen LogP contribution in [-0.4, -0.2) is 20.3 Å². The molecule has 4 heteroatoms. The lowest BCUT2D eigenvalue weighted by Crippen LogP contribution is -2.43. The summed E-state index contributed by atoms with van der Waals surface area (Å²) in [6, 6.07) is 20.1. The highest BCUT2D eigenvalue weighted by atomic mass is 28.4. The molecule has 0 aliphatic carbocycles. The average Bonchev–Trinajstić information content (AvgIpc) is 2.61. The van der Waals surface area contributed by atoms with Gasteiger partial charge in [-0.05, 0) is 44.1 Å². The number of hydrogen-bond donors (Lipinski definition) is 1. The second-order valence-electron chi connectivity index (χ2n) is 7.73. The third-order valence-electron chi connectivity index (χ3n) is 4.36. The van der Waals surface area contributed by atoms with E-state index in [4.69, 9.17) is 4.43 Å². The fourth-order valence-corrected chi connectivity index (χ4v) is 4.24. The summed E-state index contributed by atoms with van der Waals surface area (Å²) >= 11 is 0. The third-order valence-corrected chi connectivity index (χ3v) is 5.32. The van der Waals surface area contributed by atoms with Gasteiger partial charge in [0, 0.05) is 0 Å². The lowest BCUT2D eigenvalue weighted by molar-refractivity contribution is -0.124. The summed E-state index contributed by atoms with van der Waals surface area (Å²) in [6.45, 7) is 10.6. The predicted octanol–water partition coefficient (Wildman–Crippen LogP) is 5.28. The lowest BCUT2D eigenvalue weighted by atomic mass is 9.94. The van der Waals surface area contributed by atoms with E-state index in [0.717, 1.165) is 17.5 Å². The fraction of sp³-hybridized carbons (Fsp3) is 0.409. The topological polar surface area (TPSA) is 38.3 Å². The summed E-state index contributed by atoms with van der Waals surface area (Å²) < 4.78 is 6.43. The third kappa shape index (κ3) is 5.82. The molecule has 0 bridgehead atoms. The zero-order valence-electron chi connectivity index (χ0n) is 16.5. The Kier molecular flexibility index (Phi) is 7.18. The van der Waals surface area contributed by atoms with Gasteiger partial charge in [0.15, 0.2) is 8.32 Å².